The minimum absolute atomic E-state index is 0.163. The fourth-order valence-electron chi connectivity index (χ4n) is 2.01. The number of fused-ring (bicyclic) bond motifs is 1. The van der Waals surface area contributed by atoms with E-state index >= 15 is 0 Å². The molecule has 0 aliphatic heterocycles. The summed E-state index contributed by atoms with van der Waals surface area (Å²) in [6, 6.07) is 8.94. The zero-order valence-corrected chi connectivity index (χ0v) is 13.4. The number of carbonyl (C=O) groups excluding carboxylic acids is 2. The molecule has 2 aromatic heterocycles. The number of hydrogen-bond donors (Lipinski definition) is 2. The summed E-state index contributed by atoms with van der Waals surface area (Å²) in [5.74, 6) is -0.382. The molecule has 2 amide bonds. The number of nitrogens with zero attached hydrogens (tertiary/aromatic N) is 2. The van der Waals surface area contributed by atoms with E-state index in [-0.39, 0.29) is 11.8 Å². The topological polar surface area (TPSA) is 84.0 Å². The van der Waals surface area contributed by atoms with Crippen molar-refractivity contribution in [2.45, 2.75) is 13.8 Å². The number of hydrogen-bond acceptors (Lipinski definition) is 5. The second-order valence-electron chi connectivity index (χ2n) is 5.03. The highest BCUT2D eigenvalue weighted by Crippen LogP contribution is 2.28. The Morgan fingerprint density at radius 2 is 1.96 bits per heavy atom. The maximum absolute atomic E-state index is 12.2. The van der Waals surface area contributed by atoms with Crippen LogP contribution in [0.3, 0.4) is 0 Å². The number of thiazole rings is 1. The lowest BCUT2D eigenvalue weighted by Crippen LogP contribution is -2.12. The summed E-state index contributed by atoms with van der Waals surface area (Å²) in [5.41, 5.74) is 2.80. The molecular weight excluding hydrogens is 312 g/mol. The summed E-state index contributed by atoms with van der Waals surface area (Å²) >= 11 is 1.36. The standard InChI is InChI=1S/C16H14N4O2S/c1-9-3-4-11(8-17-9)15(22)19-12-5-6-13-14(7-12)23-16(20-13)18-10(2)21/h3-8H,1-2H3,(H,19,22)(H,18,20,21). The van der Waals surface area contributed by atoms with Crippen LogP contribution in [-0.2, 0) is 4.79 Å². The molecule has 0 bridgehead atoms. The van der Waals surface area contributed by atoms with Crippen molar-refractivity contribution in [1.82, 2.24) is 9.97 Å². The van der Waals surface area contributed by atoms with Gasteiger partial charge in [-0.15, -0.1) is 0 Å². The third-order valence-corrected chi connectivity index (χ3v) is 4.04. The molecule has 116 valence electrons. The van der Waals surface area contributed by atoms with Crippen LogP contribution in [0.4, 0.5) is 10.8 Å². The van der Waals surface area contributed by atoms with E-state index < -0.39 is 0 Å². The van der Waals surface area contributed by atoms with Gasteiger partial charge in [0.25, 0.3) is 5.91 Å². The van der Waals surface area contributed by atoms with E-state index in [0.29, 0.717) is 16.4 Å². The first kappa shape index (κ1) is 15.1. The van der Waals surface area contributed by atoms with Gasteiger partial charge in [0.15, 0.2) is 5.13 Å². The zero-order chi connectivity index (χ0) is 16.4. The number of nitrogens with one attached hydrogen (secondary N) is 2. The molecule has 1 aromatic carbocycles. The Bertz CT molecular complexity index is 887. The second-order valence-corrected chi connectivity index (χ2v) is 6.06. The van der Waals surface area contributed by atoms with Crippen LogP contribution in [0.1, 0.15) is 23.0 Å². The molecule has 0 saturated heterocycles. The Labute approximate surface area is 136 Å². The second kappa shape index (κ2) is 6.13. The molecule has 23 heavy (non-hydrogen) atoms. The van der Waals surface area contributed by atoms with E-state index in [1.807, 2.05) is 13.0 Å². The smallest absolute Gasteiger partial charge is 0.257 e. The van der Waals surface area contributed by atoms with Gasteiger partial charge in [-0.1, -0.05) is 11.3 Å². The number of rotatable bonds is 3. The predicted molar refractivity (Wildman–Crippen MR) is 90.9 cm³/mol. The first-order chi connectivity index (χ1) is 11.0. The lowest BCUT2D eigenvalue weighted by atomic mass is 10.2. The fourth-order valence-corrected chi connectivity index (χ4v) is 2.96. The van der Waals surface area contributed by atoms with E-state index in [1.54, 1.807) is 30.5 Å². The quantitative estimate of drug-likeness (QED) is 0.774. The number of amides is 2. The molecule has 0 saturated carbocycles. The van der Waals surface area contributed by atoms with Crippen molar-refractivity contribution in [2.24, 2.45) is 0 Å². The van der Waals surface area contributed by atoms with Crippen LogP contribution >= 0.6 is 11.3 Å². The Balaban J connectivity index is 1.81. The van der Waals surface area contributed by atoms with E-state index in [1.165, 1.54) is 18.3 Å². The molecule has 2 heterocycles. The summed E-state index contributed by atoms with van der Waals surface area (Å²) in [7, 11) is 0. The van der Waals surface area contributed by atoms with Crippen LogP contribution in [0.25, 0.3) is 10.2 Å². The third-order valence-electron chi connectivity index (χ3n) is 3.10. The minimum Gasteiger partial charge on any atom is -0.322 e. The molecule has 7 heteroatoms. The fraction of sp³-hybridized carbons (Fsp3) is 0.125. The normalized spacial score (nSPS) is 10.5. The van der Waals surface area contributed by atoms with Gasteiger partial charge in [-0.3, -0.25) is 14.6 Å². The highest BCUT2D eigenvalue weighted by atomic mass is 32.1. The van der Waals surface area contributed by atoms with Gasteiger partial charge in [-0.2, -0.15) is 0 Å². The molecule has 3 rings (SSSR count). The van der Waals surface area contributed by atoms with Crippen molar-refractivity contribution in [3.8, 4) is 0 Å². The van der Waals surface area contributed by atoms with Crippen molar-refractivity contribution in [1.29, 1.82) is 0 Å². The van der Waals surface area contributed by atoms with E-state index in [2.05, 4.69) is 20.6 Å². The number of carbonyl (C=O) groups is 2. The van der Waals surface area contributed by atoms with Gasteiger partial charge in [-0.25, -0.2) is 4.98 Å². The lowest BCUT2D eigenvalue weighted by molar-refractivity contribution is -0.114. The molecule has 3 aromatic rings. The average Bonchev–Trinajstić information content (AvgIpc) is 2.88. The van der Waals surface area contributed by atoms with E-state index in [9.17, 15) is 9.59 Å². The van der Waals surface area contributed by atoms with Gasteiger partial charge in [0, 0.05) is 24.5 Å². The summed E-state index contributed by atoms with van der Waals surface area (Å²) in [6.45, 7) is 3.30. The van der Waals surface area contributed by atoms with E-state index in [4.69, 9.17) is 0 Å². The number of pyridine rings is 1. The van der Waals surface area contributed by atoms with Gasteiger partial charge >= 0.3 is 0 Å². The maximum atomic E-state index is 12.2. The van der Waals surface area contributed by atoms with Crippen molar-refractivity contribution < 1.29 is 9.59 Å². The van der Waals surface area contributed by atoms with Gasteiger partial charge in [0.1, 0.15) is 0 Å². The Morgan fingerprint density at radius 3 is 2.65 bits per heavy atom. The van der Waals surface area contributed by atoms with Crippen molar-refractivity contribution in [3.63, 3.8) is 0 Å². The maximum Gasteiger partial charge on any atom is 0.257 e. The predicted octanol–water partition coefficient (Wildman–Crippen LogP) is 3.21. The monoisotopic (exact) mass is 326 g/mol. The summed E-state index contributed by atoms with van der Waals surface area (Å²) < 4.78 is 0.883. The van der Waals surface area contributed by atoms with Crippen molar-refractivity contribution >= 4 is 44.2 Å². The first-order valence-electron chi connectivity index (χ1n) is 6.93. The molecule has 0 radical (unpaired) electrons. The third kappa shape index (κ3) is 3.51. The Morgan fingerprint density at radius 1 is 1.13 bits per heavy atom. The van der Waals surface area contributed by atoms with Crippen molar-refractivity contribution in [2.75, 3.05) is 10.6 Å². The van der Waals surface area contributed by atoms with E-state index in [0.717, 1.165) is 15.9 Å². The Hall–Kier alpha value is -2.80. The molecule has 0 atom stereocenters. The lowest BCUT2D eigenvalue weighted by Gasteiger charge is -2.05. The largest absolute Gasteiger partial charge is 0.322 e. The number of benzene rings is 1. The van der Waals surface area contributed by atoms with Gasteiger partial charge in [0.2, 0.25) is 5.91 Å². The summed E-state index contributed by atoms with van der Waals surface area (Å²) in [6.07, 6.45) is 1.55. The molecule has 0 unspecified atom stereocenters. The van der Waals surface area contributed by atoms with Crippen LogP contribution in [0.2, 0.25) is 0 Å². The molecular formula is C16H14N4O2S. The Kier molecular flexibility index (Phi) is 4.03. The van der Waals surface area contributed by atoms with Gasteiger partial charge in [-0.05, 0) is 37.3 Å². The highest BCUT2D eigenvalue weighted by molar-refractivity contribution is 7.22. The summed E-state index contributed by atoms with van der Waals surface area (Å²) in [4.78, 5) is 31.7. The van der Waals surface area contributed by atoms with Crippen LogP contribution in [0.15, 0.2) is 36.5 Å². The SMILES string of the molecule is CC(=O)Nc1nc2ccc(NC(=O)c3ccc(C)nc3)cc2s1. The first-order valence-corrected chi connectivity index (χ1v) is 7.75. The van der Waals surface area contributed by atoms with Gasteiger partial charge in [0.05, 0.1) is 15.8 Å². The molecule has 0 aliphatic rings. The number of aryl methyl sites for hydroxylation is 1. The summed E-state index contributed by atoms with van der Waals surface area (Å²) in [5, 5.41) is 6.03. The molecule has 0 spiro atoms. The average molecular weight is 326 g/mol. The molecule has 2 N–H and O–H groups in total. The van der Waals surface area contributed by atoms with Crippen LogP contribution < -0.4 is 10.6 Å². The van der Waals surface area contributed by atoms with Crippen LogP contribution in [0, 0.1) is 6.92 Å². The molecule has 0 fully saturated rings. The highest BCUT2D eigenvalue weighted by Gasteiger charge is 2.09. The molecule has 6 nitrogen and oxygen atoms in total. The number of aromatic nitrogens is 2. The van der Waals surface area contributed by atoms with Crippen LogP contribution in [0.5, 0.6) is 0 Å². The van der Waals surface area contributed by atoms with Crippen LogP contribution in [-0.4, -0.2) is 21.8 Å². The number of anilines is 2. The molecule has 0 aliphatic carbocycles. The minimum atomic E-state index is -0.219. The van der Waals surface area contributed by atoms with Gasteiger partial charge < -0.3 is 10.6 Å². The zero-order valence-electron chi connectivity index (χ0n) is 12.6. The van der Waals surface area contributed by atoms with Crippen molar-refractivity contribution in [3.05, 3.63) is 47.8 Å².